The van der Waals surface area contributed by atoms with Crippen molar-refractivity contribution in [3.05, 3.63) is 29.8 Å². The molecular weight excluding hydrogens is 231 g/mol. The number of carbonyl (C=O) groups is 1. The van der Waals surface area contributed by atoms with E-state index in [1.807, 2.05) is 0 Å². The van der Waals surface area contributed by atoms with Crippen LogP contribution in [-0.2, 0) is 0 Å². The summed E-state index contributed by atoms with van der Waals surface area (Å²) in [5, 5.41) is 2.85. The fourth-order valence-corrected chi connectivity index (χ4v) is 2.70. The fraction of sp³-hybridized carbons (Fsp3) is 0.571. The molecule has 0 spiro atoms. The summed E-state index contributed by atoms with van der Waals surface area (Å²) >= 11 is 0. The van der Waals surface area contributed by atoms with E-state index in [-0.39, 0.29) is 16.9 Å². The highest BCUT2D eigenvalue weighted by Gasteiger charge is 2.32. The zero-order chi connectivity index (χ0) is 13.0. The first-order valence-corrected chi connectivity index (χ1v) is 6.56. The molecule has 0 aliphatic heterocycles. The van der Waals surface area contributed by atoms with E-state index < -0.39 is 5.95 Å². The number of hydrogen-bond donors (Lipinski definition) is 1. The SMILES string of the molecule is CCC1(CNC(=O)c2cccnc2F)CCCC1. The Morgan fingerprint density at radius 1 is 1.50 bits per heavy atom. The van der Waals surface area contributed by atoms with Gasteiger partial charge in [0.2, 0.25) is 5.95 Å². The molecule has 1 aromatic rings. The molecule has 0 saturated heterocycles. The van der Waals surface area contributed by atoms with Crippen LogP contribution in [0.4, 0.5) is 4.39 Å². The van der Waals surface area contributed by atoms with Gasteiger partial charge in [0.15, 0.2) is 0 Å². The summed E-state index contributed by atoms with van der Waals surface area (Å²) in [6, 6.07) is 3.04. The Kier molecular flexibility index (Phi) is 3.94. The lowest BCUT2D eigenvalue weighted by Crippen LogP contribution is -2.36. The number of halogens is 1. The molecule has 1 heterocycles. The summed E-state index contributed by atoms with van der Waals surface area (Å²) in [5.74, 6) is -1.06. The van der Waals surface area contributed by atoms with E-state index in [9.17, 15) is 9.18 Å². The van der Waals surface area contributed by atoms with Crippen molar-refractivity contribution in [2.75, 3.05) is 6.54 Å². The Labute approximate surface area is 107 Å². The van der Waals surface area contributed by atoms with Crippen LogP contribution >= 0.6 is 0 Å². The third-order valence-electron chi connectivity index (χ3n) is 4.04. The lowest BCUT2D eigenvalue weighted by atomic mass is 9.83. The van der Waals surface area contributed by atoms with Crippen LogP contribution in [0.3, 0.4) is 0 Å². The molecule has 1 aromatic heterocycles. The summed E-state index contributed by atoms with van der Waals surface area (Å²) < 4.78 is 13.3. The third-order valence-corrected chi connectivity index (χ3v) is 4.04. The molecule has 0 bridgehead atoms. The van der Waals surface area contributed by atoms with Gasteiger partial charge in [0, 0.05) is 12.7 Å². The zero-order valence-corrected chi connectivity index (χ0v) is 10.7. The molecule has 18 heavy (non-hydrogen) atoms. The van der Waals surface area contributed by atoms with Gasteiger partial charge in [0.05, 0.1) is 5.56 Å². The second-order valence-corrected chi connectivity index (χ2v) is 5.09. The van der Waals surface area contributed by atoms with Crippen molar-refractivity contribution in [1.29, 1.82) is 0 Å². The topological polar surface area (TPSA) is 42.0 Å². The van der Waals surface area contributed by atoms with Crippen LogP contribution in [0.25, 0.3) is 0 Å². The minimum Gasteiger partial charge on any atom is -0.351 e. The van der Waals surface area contributed by atoms with E-state index in [1.165, 1.54) is 25.1 Å². The van der Waals surface area contributed by atoms with Gasteiger partial charge in [-0.2, -0.15) is 4.39 Å². The average Bonchev–Trinajstić information content (AvgIpc) is 2.86. The number of aromatic nitrogens is 1. The van der Waals surface area contributed by atoms with Crippen molar-refractivity contribution >= 4 is 5.91 Å². The largest absolute Gasteiger partial charge is 0.351 e. The normalized spacial score (nSPS) is 17.7. The summed E-state index contributed by atoms with van der Waals surface area (Å²) in [4.78, 5) is 15.4. The van der Waals surface area contributed by atoms with Crippen LogP contribution in [0.1, 0.15) is 49.4 Å². The lowest BCUT2D eigenvalue weighted by Gasteiger charge is -2.27. The minimum atomic E-state index is -0.702. The van der Waals surface area contributed by atoms with Crippen LogP contribution in [0, 0.1) is 11.4 Å². The number of amides is 1. The van der Waals surface area contributed by atoms with Gasteiger partial charge in [-0.05, 0) is 36.8 Å². The molecule has 0 unspecified atom stereocenters. The fourth-order valence-electron chi connectivity index (χ4n) is 2.70. The van der Waals surface area contributed by atoms with Gasteiger partial charge < -0.3 is 5.32 Å². The molecule has 98 valence electrons. The van der Waals surface area contributed by atoms with Gasteiger partial charge in [0.25, 0.3) is 5.91 Å². The highest BCUT2D eigenvalue weighted by atomic mass is 19.1. The quantitative estimate of drug-likeness (QED) is 0.835. The highest BCUT2D eigenvalue weighted by Crippen LogP contribution is 2.40. The van der Waals surface area contributed by atoms with Crippen molar-refractivity contribution in [3.63, 3.8) is 0 Å². The maximum atomic E-state index is 13.3. The molecule has 1 N–H and O–H groups in total. The van der Waals surface area contributed by atoms with Crippen LogP contribution in [0.5, 0.6) is 0 Å². The second kappa shape index (κ2) is 5.46. The first kappa shape index (κ1) is 13.0. The molecule has 1 aliphatic carbocycles. The predicted molar refractivity (Wildman–Crippen MR) is 67.7 cm³/mol. The zero-order valence-electron chi connectivity index (χ0n) is 10.7. The first-order chi connectivity index (χ1) is 8.67. The monoisotopic (exact) mass is 250 g/mol. The summed E-state index contributed by atoms with van der Waals surface area (Å²) in [7, 11) is 0. The minimum absolute atomic E-state index is 0.0294. The van der Waals surface area contributed by atoms with Crippen LogP contribution < -0.4 is 5.32 Å². The third kappa shape index (κ3) is 2.68. The van der Waals surface area contributed by atoms with Crippen molar-refractivity contribution in [3.8, 4) is 0 Å². The van der Waals surface area contributed by atoms with E-state index in [0.717, 1.165) is 19.3 Å². The van der Waals surface area contributed by atoms with E-state index >= 15 is 0 Å². The summed E-state index contributed by atoms with van der Waals surface area (Å²) in [6.45, 7) is 2.79. The molecule has 4 heteroatoms. The van der Waals surface area contributed by atoms with Gasteiger partial charge >= 0.3 is 0 Å². The van der Waals surface area contributed by atoms with Gasteiger partial charge in [-0.15, -0.1) is 0 Å². The predicted octanol–water partition coefficient (Wildman–Crippen LogP) is 2.92. The smallest absolute Gasteiger partial charge is 0.255 e. The van der Waals surface area contributed by atoms with E-state index in [2.05, 4.69) is 17.2 Å². The van der Waals surface area contributed by atoms with Gasteiger partial charge in [0.1, 0.15) is 0 Å². The molecule has 1 fully saturated rings. The molecule has 0 radical (unpaired) electrons. The van der Waals surface area contributed by atoms with Crippen molar-refractivity contribution in [2.45, 2.75) is 39.0 Å². The Morgan fingerprint density at radius 2 is 2.22 bits per heavy atom. The number of nitrogens with zero attached hydrogens (tertiary/aromatic N) is 1. The van der Waals surface area contributed by atoms with E-state index in [1.54, 1.807) is 6.07 Å². The maximum absolute atomic E-state index is 13.3. The Morgan fingerprint density at radius 3 is 2.83 bits per heavy atom. The number of pyridine rings is 1. The van der Waals surface area contributed by atoms with Gasteiger partial charge in [-0.25, -0.2) is 4.98 Å². The van der Waals surface area contributed by atoms with Crippen molar-refractivity contribution < 1.29 is 9.18 Å². The number of carbonyl (C=O) groups excluding carboxylic acids is 1. The summed E-state index contributed by atoms with van der Waals surface area (Å²) in [5.41, 5.74) is 0.246. The Hall–Kier alpha value is -1.45. The lowest BCUT2D eigenvalue weighted by molar-refractivity contribution is 0.0923. The van der Waals surface area contributed by atoms with Crippen molar-refractivity contribution in [2.24, 2.45) is 5.41 Å². The molecule has 3 nitrogen and oxygen atoms in total. The second-order valence-electron chi connectivity index (χ2n) is 5.09. The first-order valence-electron chi connectivity index (χ1n) is 6.56. The number of hydrogen-bond acceptors (Lipinski definition) is 2. The molecule has 0 aromatic carbocycles. The molecule has 1 saturated carbocycles. The molecule has 1 aliphatic rings. The highest BCUT2D eigenvalue weighted by molar-refractivity contribution is 5.94. The van der Waals surface area contributed by atoms with Crippen LogP contribution in [0.15, 0.2) is 18.3 Å². The number of rotatable bonds is 4. The Bertz CT molecular complexity index is 428. The molecular formula is C14H19FN2O. The molecule has 0 atom stereocenters. The van der Waals surface area contributed by atoms with Crippen LogP contribution in [0.2, 0.25) is 0 Å². The Balaban J connectivity index is 1.98. The maximum Gasteiger partial charge on any atom is 0.255 e. The number of nitrogens with one attached hydrogen (secondary N) is 1. The van der Waals surface area contributed by atoms with Crippen LogP contribution in [-0.4, -0.2) is 17.4 Å². The van der Waals surface area contributed by atoms with E-state index in [4.69, 9.17) is 0 Å². The molecule has 1 amide bonds. The molecule has 2 rings (SSSR count). The van der Waals surface area contributed by atoms with Gasteiger partial charge in [-0.1, -0.05) is 19.8 Å². The van der Waals surface area contributed by atoms with E-state index in [0.29, 0.717) is 6.54 Å². The van der Waals surface area contributed by atoms with Crippen molar-refractivity contribution in [1.82, 2.24) is 10.3 Å². The van der Waals surface area contributed by atoms with Gasteiger partial charge in [-0.3, -0.25) is 4.79 Å². The summed E-state index contributed by atoms with van der Waals surface area (Å²) in [6.07, 6.45) is 7.16. The average molecular weight is 250 g/mol. The standard InChI is InChI=1S/C14H19FN2O/c1-2-14(7-3-4-8-14)10-17-13(18)11-6-5-9-16-12(11)15/h5-6,9H,2-4,7-8,10H2,1H3,(H,17,18).